The van der Waals surface area contributed by atoms with E-state index in [0.29, 0.717) is 94.0 Å². The first kappa shape index (κ1) is 44.1. The van der Waals surface area contributed by atoms with E-state index in [4.69, 9.17) is 26.3 Å². The van der Waals surface area contributed by atoms with Crippen LogP contribution in [0.15, 0.2) is 116 Å². The number of aromatic nitrogens is 5. The number of nitrogens with zero attached hydrogens (tertiary/aromatic N) is 8. The second kappa shape index (κ2) is 19.1. The highest BCUT2D eigenvalue weighted by molar-refractivity contribution is 6.33. The number of carbonyl (C=O) groups is 3. The number of imidazole rings is 1. The van der Waals surface area contributed by atoms with Gasteiger partial charge in [0, 0.05) is 72.6 Å². The molecule has 1 saturated heterocycles. The summed E-state index contributed by atoms with van der Waals surface area (Å²) >= 11 is 6.62. The molecule has 1 aliphatic heterocycles. The molecule has 17 heteroatoms. The van der Waals surface area contributed by atoms with E-state index in [-0.39, 0.29) is 29.4 Å². The Hall–Kier alpha value is -7.53. The predicted octanol–water partition coefficient (Wildman–Crippen LogP) is 8.27. The first-order valence-corrected chi connectivity index (χ1v) is 21.0. The number of amides is 3. The molecule has 7 aromatic rings. The number of nitrogens with one attached hydrogen (secondary N) is 3. The zero-order valence-electron chi connectivity index (χ0n) is 36.1. The minimum absolute atomic E-state index is 0.106. The summed E-state index contributed by atoms with van der Waals surface area (Å²) in [4.78, 5) is 62.1. The van der Waals surface area contributed by atoms with Crippen LogP contribution in [0.2, 0.25) is 5.02 Å². The molecule has 330 valence electrons. The van der Waals surface area contributed by atoms with Gasteiger partial charge in [-0.2, -0.15) is 0 Å². The molecule has 0 radical (unpaired) electrons. The number of anilines is 6. The van der Waals surface area contributed by atoms with E-state index < -0.39 is 5.82 Å². The van der Waals surface area contributed by atoms with Crippen molar-refractivity contribution in [2.45, 2.75) is 6.92 Å². The summed E-state index contributed by atoms with van der Waals surface area (Å²) in [6.07, 6.45) is 9.12. The Morgan fingerprint density at radius 3 is 2.49 bits per heavy atom. The van der Waals surface area contributed by atoms with E-state index in [1.54, 1.807) is 58.2 Å². The largest absolute Gasteiger partial charge is 0.378 e. The molecule has 0 aliphatic carbocycles. The van der Waals surface area contributed by atoms with Crippen molar-refractivity contribution in [3.05, 3.63) is 138 Å². The molecular formula is C48H45ClFN11O4. The summed E-state index contributed by atoms with van der Waals surface area (Å²) in [7, 11) is 5.32. The van der Waals surface area contributed by atoms with Gasteiger partial charge in [0.2, 0.25) is 11.9 Å². The standard InChI is InChI=1S/C48H45ClFN11O4/c1-6-43(62)53-33-10-7-9-31(22-33)45-35(49)26-52-48(57-45)56-38-15-13-32(47(64)60-17-19-65-20-18-60)23-34(38)30-12-14-37(29(2)21-30)54-46-42-27-51-28-61(42)41-25-40(36(50)24-39(41)55-46)59(5)44(63)11-8-16-58(3)4/h6-15,21-28H,1,16-20H2,2-5H3,(H,53,62)(H,54,55)(H,52,56,57)/b11-8+. The van der Waals surface area contributed by atoms with Gasteiger partial charge in [-0.3, -0.25) is 18.8 Å². The van der Waals surface area contributed by atoms with Crippen molar-refractivity contribution in [1.29, 1.82) is 0 Å². The molecule has 0 unspecified atom stereocenters. The van der Waals surface area contributed by atoms with Crippen LogP contribution in [0.5, 0.6) is 0 Å². The summed E-state index contributed by atoms with van der Waals surface area (Å²) in [5.41, 5.74) is 7.49. The van der Waals surface area contributed by atoms with Crippen molar-refractivity contribution < 1.29 is 23.5 Å². The highest BCUT2D eigenvalue weighted by Crippen LogP contribution is 2.36. The topological polar surface area (TPSA) is 162 Å². The summed E-state index contributed by atoms with van der Waals surface area (Å²) in [6.45, 7) is 7.93. The molecule has 1 fully saturated rings. The molecule has 4 aromatic carbocycles. The van der Waals surface area contributed by atoms with Crippen molar-refractivity contribution in [3.63, 3.8) is 0 Å². The fraction of sp³-hybridized carbons (Fsp3) is 0.188. The average molecular weight is 894 g/mol. The van der Waals surface area contributed by atoms with Crippen LogP contribution < -0.4 is 20.9 Å². The smallest absolute Gasteiger partial charge is 0.254 e. The minimum Gasteiger partial charge on any atom is -0.378 e. The first-order valence-electron chi connectivity index (χ1n) is 20.6. The Kier molecular flexibility index (Phi) is 12.9. The highest BCUT2D eigenvalue weighted by Gasteiger charge is 2.22. The number of rotatable bonds is 13. The van der Waals surface area contributed by atoms with Gasteiger partial charge in [0.1, 0.15) is 11.3 Å². The maximum absolute atomic E-state index is 15.7. The molecule has 3 N–H and O–H groups in total. The molecule has 3 aromatic heterocycles. The maximum atomic E-state index is 15.7. The van der Waals surface area contributed by atoms with E-state index in [1.807, 2.05) is 62.3 Å². The maximum Gasteiger partial charge on any atom is 0.254 e. The number of aryl methyl sites for hydroxylation is 1. The fourth-order valence-corrected chi connectivity index (χ4v) is 7.57. The molecule has 0 saturated carbocycles. The summed E-state index contributed by atoms with van der Waals surface area (Å²) < 4.78 is 23.0. The summed E-state index contributed by atoms with van der Waals surface area (Å²) in [5, 5.41) is 9.84. The van der Waals surface area contributed by atoms with Crippen molar-refractivity contribution in [3.8, 4) is 22.4 Å². The third-order valence-corrected chi connectivity index (χ3v) is 11.1. The van der Waals surface area contributed by atoms with Crippen LogP contribution in [0.3, 0.4) is 0 Å². The van der Waals surface area contributed by atoms with E-state index in [1.165, 1.54) is 36.4 Å². The van der Waals surface area contributed by atoms with Crippen LogP contribution in [0.4, 0.5) is 38.9 Å². The highest BCUT2D eigenvalue weighted by atomic mass is 35.5. The Labute approximate surface area is 379 Å². The number of likely N-dealkylation sites (N-methyl/N-ethyl adjacent to an activating group) is 2. The first-order chi connectivity index (χ1) is 31.4. The zero-order chi connectivity index (χ0) is 45.8. The molecule has 4 heterocycles. The molecule has 65 heavy (non-hydrogen) atoms. The van der Waals surface area contributed by atoms with Crippen molar-refractivity contribution >= 4 is 80.4 Å². The van der Waals surface area contributed by atoms with Crippen molar-refractivity contribution in [1.82, 2.24) is 34.1 Å². The lowest BCUT2D eigenvalue weighted by atomic mass is 9.98. The van der Waals surface area contributed by atoms with Crippen molar-refractivity contribution in [2.75, 3.05) is 74.8 Å². The van der Waals surface area contributed by atoms with Gasteiger partial charge in [-0.05, 0) is 86.8 Å². The van der Waals surface area contributed by atoms with Gasteiger partial charge in [-0.1, -0.05) is 42.5 Å². The van der Waals surface area contributed by atoms with E-state index in [9.17, 15) is 14.4 Å². The minimum atomic E-state index is -0.602. The third kappa shape index (κ3) is 9.69. The number of ether oxygens (including phenoxy) is 1. The number of halogens is 2. The number of carbonyl (C=O) groups excluding carboxylic acids is 3. The van der Waals surface area contributed by atoms with E-state index >= 15 is 4.39 Å². The van der Waals surface area contributed by atoms with Gasteiger partial charge in [0.05, 0.1) is 59.4 Å². The molecule has 1 aliphatic rings. The molecule has 3 amide bonds. The number of benzene rings is 4. The van der Waals surface area contributed by atoms with E-state index in [0.717, 1.165) is 16.8 Å². The lowest BCUT2D eigenvalue weighted by Gasteiger charge is -2.27. The van der Waals surface area contributed by atoms with Crippen LogP contribution in [-0.4, -0.2) is 106 Å². The van der Waals surface area contributed by atoms with Crippen molar-refractivity contribution in [2.24, 2.45) is 0 Å². The Morgan fingerprint density at radius 1 is 0.923 bits per heavy atom. The molecule has 15 nitrogen and oxygen atoms in total. The molecule has 0 spiro atoms. The Morgan fingerprint density at radius 2 is 1.72 bits per heavy atom. The van der Waals surface area contributed by atoms with Gasteiger partial charge in [-0.15, -0.1) is 0 Å². The summed E-state index contributed by atoms with van der Waals surface area (Å²) in [6, 6.07) is 21.3. The SMILES string of the molecule is C=CC(=O)Nc1cccc(-c2nc(Nc3ccc(C(=O)N4CCOCC4)cc3-c3ccc(Nc4nc5cc(F)c(N(C)C(=O)/C=C/CN(C)C)cc5n5cncc45)c(C)c3)ncc2Cl)c1. The van der Waals surface area contributed by atoms with Gasteiger partial charge in [-0.25, -0.2) is 24.3 Å². The van der Waals surface area contributed by atoms with Crippen LogP contribution in [0.25, 0.3) is 38.9 Å². The lowest BCUT2D eigenvalue weighted by Crippen LogP contribution is -2.40. The number of hydrogen-bond donors (Lipinski definition) is 3. The summed E-state index contributed by atoms with van der Waals surface area (Å²) in [5.74, 6) is -0.738. The van der Waals surface area contributed by atoms with E-state index in [2.05, 4.69) is 32.5 Å². The Balaban J connectivity index is 1.12. The van der Waals surface area contributed by atoms with Gasteiger partial charge < -0.3 is 35.4 Å². The van der Waals surface area contributed by atoms with Crippen LogP contribution in [0, 0.1) is 12.7 Å². The zero-order valence-corrected chi connectivity index (χ0v) is 36.9. The Bertz CT molecular complexity index is 3020. The molecule has 8 rings (SSSR count). The molecule has 0 bridgehead atoms. The average Bonchev–Trinajstić information content (AvgIpc) is 3.81. The van der Waals surface area contributed by atoms with Gasteiger partial charge in [0.15, 0.2) is 5.82 Å². The number of hydrogen-bond acceptors (Lipinski definition) is 11. The van der Waals surface area contributed by atoms with Crippen LogP contribution in [-0.2, 0) is 14.3 Å². The lowest BCUT2D eigenvalue weighted by molar-refractivity contribution is -0.114. The second-order valence-electron chi connectivity index (χ2n) is 15.6. The molecular weight excluding hydrogens is 849 g/mol. The second-order valence-corrected chi connectivity index (χ2v) is 16.0. The van der Waals surface area contributed by atoms with Gasteiger partial charge >= 0.3 is 0 Å². The normalized spacial score (nSPS) is 12.8. The third-order valence-electron chi connectivity index (χ3n) is 10.8. The van der Waals surface area contributed by atoms with Crippen LogP contribution in [0.1, 0.15) is 15.9 Å². The number of fused-ring (bicyclic) bond motifs is 3. The predicted molar refractivity (Wildman–Crippen MR) is 253 cm³/mol. The quantitative estimate of drug-likeness (QED) is 0.0956. The number of morpholine rings is 1. The van der Waals surface area contributed by atoms with Crippen LogP contribution >= 0.6 is 11.6 Å². The monoisotopic (exact) mass is 893 g/mol. The fourth-order valence-electron chi connectivity index (χ4n) is 7.37. The van der Waals surface area contributed by atoms with Gasteiger partial charge in [0.25, 0.3) is 11.8 Å². The molecule has 0 atom stereocenters.